The fraction of sp³-hybridized carbons (Fsp3) is 0.583. The Labute approximate surface area is 110 Å². The van der Waals surface area contributed by atoms with Crippen molar-refractivity contribution in [1.29, 1.82) is 0 Å². The fourth-order valence-electron chi connectivity index (χ4n) is 2.33. The van der Waals surface area contributed by atoms with E-state index in [0.29, 0.717) is 0 Å². The Hall–Kier alpha value is -1.27. The minimum atomic E-state index is 0.228. The molecule has 3 rings (SSSR count). The number of nitrogens with one attached hydrogen (secondary N) is 1. The largest absolute Gasteiger partial charge is 0.314 e. The zero-order valence-electron chi connectivity index (χ0n) is 10.7. The van der Waals surface area contributed by atoms with Crippen LogP contribution in [0.25, 0.3) is 0 Å². The molecule has 6 heteroatoms. The van der Waals surface area contributed by atoms with Crippen molar-refractivity contribution in [3.05, 3.63) is 27.7 Å². The predicted octanol–water partition coefficient (Wildman–Crippen LogP) is 1.84. The van der Waals surface area contributed by atoms with Crippen LogP contribution >= 0.6 is 11.3 Å². The van der Waals surface area contributed by atoms with Crippen molar-refractivity contribution < 1.29 is 0 Å². The Kier molecular flexibility index (Phi) is 3.13. The number of thiazole rings is 1. The molecular weight excluding hydrogens is 246 g/mol. The highest BCUT2D eigenvalue weighted by Gasteiger charge is 2.21. The van der Waals surface area contributed by atoms with Crippen molar-refractivity contribution in [3.63, 3.8) is 0 Å². The minimum absolute atomic E-state index is 0.228. The molecule has 0 aromatic carbocycles. The van der Waals surface area contributed by atoms with Crippen LogP contribution in [-0.4, -0.2) is 19.7 Å². The van der Waals surface area contributed by atoms with Crippen LogP contribution in [0, 0.1) is 6.92 Å². The summed E-state index contributed by atoms with van der Waals surface area (Å²) in [5.41, 5.74) is 3.01. The summed E-state index contributed by atoms with van der Waals surface area (Å²) in [5, 5.41) is 12.0. The molecule has 0 aliphatic carbocycles. The van der Waals surface area contributed by atoms with Gasteiger partial charge in [-0.1, -0.05) is 0 Å². The third kappa shape index (κ3) is 2.06. The lowest BCUT2D eigenvalue weighted by atomic mass is 10.3. The summed E-state index contributed by atoms with van der Waals surface area (Å²) in [6, 6.07) is 0.228. The van der Waals surface area contributed by atoms with Gasteiger partial charge in [0.05, 0.1) is 17.2 Å². The lowest BCUT2D eigenvalue weighted by molar-refractivity contribution is 0.517. The zero-order valence-corrected chi connectivity index (χ0v) is 11.5. The van der Waals surface area contributed by atoms with Crippen LogP contribution in [0.1, 0.15) is 41.6 Å². The van der Waals surface area contributed by atoms with Crippen LogP contribution in [0.3, 0.4) is 0 Å². The molecule has 1 aliphatic heterocycles. The number of fused-ring (bicyclic) bond motifs is 1. The molecular formula is C12H17N5S. The molecule has 0 saturated heterocycles. The monoisotopic (exact) mass is 263 g/mol. The molecule has 0 saturated carbocycles. The fourth-order valence-corrected chi connectivity index (χ4v) is 3.05. The van der Waals surface area contributed by atoms with E-state index in [1.165, 1.54) is 11.3 Å². The highest BCUT2D eigenvalue weighted by molar-refractivity contribution is 7.09. The summed E-state index contributed by atoms with van der Waals surface area (Å²) in [5.74, 6) is 2.19. The van der Waals surface area contributed by atoms with E-state index in [0.717, 1.165) is 36.9 Å². The van der Waals surface area contributed by atoms with E-state index >= 15 is 0 Å². The van der Waals surface area contributed by atoms with E-state index in [9.17, 15) is 0 Å². The summed E-state index contributed by atoms with van der Waals surface area (Å²) >= 11 is 1.70. The molecule has 96 valence electrons. The Morgan fingerprint density at radius 3 is 3.17 bits per heavy atom. The summed E-state index contributed by atoms with van der Waals surface area (Å²) in [7, 11) is 0. The molecule has 2 aromatic rings. The topological polar surface area (TPSA) is 55.6 Å². The predicted molar refractivity (Wildman–Crippen MR) is 70.4 cm³/mol. The molecule has 2 aromatic heterocycles. The van der Waals surface area contributed by atoms with E-state index in [2.05, 4.69) is 32.0 Å². The molecule has 0 radical (unpaired) electrons. The number of aromatic nitrogens is 4. The van der Waals surface area contributed by atoms with Crippen LogP contribution < -0.4 is 5.32 Å². The summed E-state index contributed by atoms with van der Waals surface area (Å²) in [6.07, 6.45) is 2.26. The molecule has 3 heterocycles. The first kappa shape index (κ1) is 11.8. The second kappa shape index (κ2) is 4.78. The normalized spacial score (nSPS) is 15.9. The summed E-state index contributed by atoms with van der Waals surface area (Å²) in [4.78, 5) is 5.55. The quantitative estimate of drug-likeness (QED) is 0.914. The highest BCUT2D eigenvalue weighted by atomic mass is 32.1. The maximum atomic E-state index is 4.30. The second-order valence-electron chi connectivity index (χ2n) is 4.69. The number of hydrogen-bond acceptors (Lipinski definition) is 5. The SMILES string of the molecule is Cc1ncsc1CNC(C)c1nnc2n1CCC2. The second-order valence-corrected chi connectivity index (χ2v) is 5.63. The van der Waals surface area contributed by atoms with Gasteiger partial charge < -0.3 is 9.88 Å². The Bertz CT molecular complexity index is 544. The molecule has 0 bridgehead atoms. The van der Waals surface area contributed by atoms with Crippen molar-refractivity contribution in [2.24, 2.45) is 0 Å². The average molecular weight is 263 g/mol. The van der Waals surface area contributed by atoms with Crippen molar-refractivity contribution in [1.82, 2.24) is 25.1 Å². The summed E-state index contributed by atoms with van der Waals surface area (Å²) in [6.45, 7) is 6.10. The van der Waals surface area contributed by atoms with Crippen molar-refractivity contribution in [2.75, 3.05) is 0 Å². The number of hydrogen-bond donors (Lipinski definition) is 1. The van der Waals surface area contributed by atoms with E-state index < -0.39 is 0 Å². The Morgan fingerprint density at radius 1 is 1.50 bits per heavy atom. The lowest BCUT2D eigenvalue weighted by Crippen LogP contribution is -2.21. The lowest BCUT2D eigenvalue weighted by Gasteiger charge is -2.13. The van der Waals surface area contributed by atoms with Gasteiger partial charge in [-0.2, -0.15) is 0 Å². The van der Waals surface area contributed by atoms with Crippen LogP contribution in [-0.2, 0) is 19.5 Å². The van der Waals surface area contributed by atoms with E-state index in [4.69, 9.17) is 0 Å². The van der Waals surface area contributed by atoms with Crippen molar-refractivity contribution in [3.8, 4) is 0 Å². The van der Waals surface area contributed by atoms with Gasteiger partial charge in [-0.3, -0.25) is 0 Å². The number of nitrogens with zero attached hydrogens (tertiary/aromatic N) is 4. The van der Waals surface area contributed by atoms with Crippen LogP contribution in [0.2, 0.25) is 0 Å². The molecule has 1 atom stereocenters. The van der Waals surface area contributed by atoms with Gasteiger partial charge >= 0.3 is 0 Å². The van der Waals surface area contributed by atoms with Crippen LogP contribution in [0.5, 0.6) is 0 Å². The van der Waals surface area contributed by atoms with Gasteiger partial charge in [-0.25, -0.2) is 4.98 Å². The minimum Gasteiger partial charge on any atom is -0.314 e. The standard InChI is InChI=1S/C12H17N5S/c1-8-10(18-7-14-8)6-13-9(2)12-16-15-11-4-3-5-17(11)12/h7,9,13H,3-6H2,1-2H3. The van der Waals surface area contributed by atoms with Crippen LogP contribution in [0.15, 0.2) is 5.51 Å². The molecule has 5 nitrogen and oxygen atoms in total. The molecule has 1 unspecified atom stereocenters. The van der Waals surface area contributed by atoms with Gasteiger partial charge in [0.15, 0.2) is 0 Å². The maximum Gasteiger partial charge on any atom is 0.149 e. The molecule has 1 aliphatic rings. The Morgan fingerprint density at radius 2 is 2.39 bits per heavy atom. The van der Waals surface area contributed by atoms with Gasteiger partial charge in [0, 0.05) is 24.4 Å². The van der Waals surface area contributed by atoms with E-state index in [1.807, 2.05) is 12.4 Å². The van der Waals surface area contributed by atoms with E-state index in [1.54, 1.807) is 11.3 Å². The number of rotatable bonds is 4. The van der Waals surface area contributed by atoms with Crippen molar-refractivity contribution in [2.45, 2.75) is 45.8 Å². The van der Waals surface area contributed by atoms with Crippen LogP contribution in [0.4, 0.5) is 0 Å². The van der Waals surface area contributed by atoms with Gasteiger partial charge in [0.25, 0.3) is 0 Å². The highest BCUT2D eigenvalue weighted by Crippen LogP contribution is 2.20. The maximum absolute atomic E-state index is 4.30. The molecule has 0 fully saturated rings. The van der Waals surface area contributed by atoms with Gasteiger partial charge in [-0.05, 0) is 20.3 Å². The third-order valence-corrected chi connectivity index (χ3v) is 4.37. The molecule has 1 N–H and O–H groups in total. The zero-order chi connectivity index (χ0) is 12.5. The molecule has 18 heavy (non-hydrogen) atoms. The first-order chi connectivity index (χ1) is 8.75. The molecule has 0 spiro atoms. The van der Waals surface area contributed by atoms with E-state index in [-0.39, 0.29) is 6.04 Å². The Balaban J connectivity index is 1.68. The van der Waals surface area contributed by atoms with Gasteiger partial charge in [0.1, 0.15) is 11.6 Å². The first-order valence-corrected chi connectivity index (χ1v) is 7.18. The first-order valence-electron chi connectivity index (χ1n) is 6.30. The van der Waals surface area contributed by atoms with Crippen molar-refractivity contribution >= 4 is 11.3 Å². The molecule has 0 amide bonds. The third-order valence-electron chi connectivity index (χ3n) is 3.44. The smallest absolute Gasteiger partial charge is 0.149 e. The number of aryl methyl sites for hydroxylation is 2. The average Bonchev–Trinajstić information content (AvgIpc) is 3.01. The van der Waals surface area contributed by atoms with Gasteiger partial charge in [-0.15, -0.1) is 21.5 Å². The van der Waals surface area contributed by atoms with Gasteiger partial charge in [0.2, 0.25) is 0 Å². The summed E-state index contributed by atoms with van der Waals surface area (Å²) < 4.78 is 2.25.